The highest BCUT2D eigenvalue weighted by Crippen LogP contribution is 2.32. The molecule has 0 bridgehead atoms. The molecule has 1 unspecified atom stereocenters. The lowest BCUT2D eigenvalue weighted by atomic mass is 9.83. The van der Waals surface area contributed by atoms with Crippen molar-refractivity contribution in [3.8, 4) is 5.75 Å². The quantitative estimate of drug-likeness (QED) is 0.756. The average molecular weight is 357 g/mol. The molecule has 1 aliphatic heterocycles. The van der Waals surface area contributed by atoms with Crippen LogP contribution in [0.4, 0.5) is 0 Å². The number of aliphatic carboxylic acids is 1. The van der Waals surface area contributed by atoms with E-state index in [1.807, 2.05) is 0 Å². The molecule has 1 aromatic rings. The highest BCUT2D eigenvalue weighted by atomic mass is 16.5. The number of ether oxygens (including phenoxy) is 1. The molecule has 0 spiro atoms. The van der Waals surface area contributed by atoms with Crippen LogP contribution in [0.5, 0.6) is 5.75 Å². The molecule has 2 aliphatic rings. The first-order valence-electron chi connectivity index (χ1n) is 9.91. The number of hydrogen-bond donors (Lipinski definition) is 1. The number of hydrogen-bond acceptors (Lipinski definition) is 3. The van der Waals surface area contributed by atoms with Crippen LogP contribution >= 0.6 is 0 Å². The fourth-order valence-corrected chi connectivity index (χ4v) is 3.87. The second-order valence-electron chi connectivity index (χ2n) is 7.98. The van der Waals surface area contributed by atoms with Crippen molar-refractivity contribution in [1.29, 1.82) is 0 Å². The van der Waals surface area contributed by atoms with Crippen LogP contribution in [0.2, 0.25) is 0 Å². The van der Waals surface area contributed by atoms with E-state index in [2.05, 4.69) is 49.9 Å². The van der Waals surface area contributed by atoms with Crippen LogP contribution in [0, 0.1) is 11.8 Å². The molecular formula is C22H31NO3. The monoisotopic (exact) mass is 357 g/mol. The first-order valence-corrected chi connectivity index (χ1v) is 9.91. The Morgan fingerprint density at radius 2 is 2.15 bits per heavy atom. The Labute approximate surface area is 156 Å². The zero-order valence-corrected chi connectivity index (χ0v) is 16.2. The van der Waals surface area contributed by atoms with E-state index in [9.17, 15) is 4.79 Å². The van der Waals surface area contributed by atoms with E-state index in [4.69, 9.17) is 9.84 Å². The number of benzene rings is 1. The molecule has 2 atom stereocenters. The van der Waals surface area contributed by atoms with Gasteiger partial charge in [-0.25, -0.2) is 0 Å². The molecule has 0 radical (unpaired) electrons. The summed E-state index contributed by atoms with van der Waals surface area (Å²) in [4.78, 5) is 13.2. The maximum Gasteiger partial charge on any atom is 0.309 e. The van der Waals surface area contributed by atoms with Gasteiger partial charge >= 0.3 is 5.97 Å². The van der Waals surface area contributed by atoms with Gasteiger partial charge in [0.1, 0.15) is 5.75 Å². The Hall–Kier alpha value is -1.81. The highest BCUT2D eigenvalue weighted by molar-refractivity contribution is 5.71. The van der Waals surface area contributed by atoms with Gasteiger partial charge in [0.15, 0.2) is 0 Å². The van der Waals surface area contributed by atoms with Crippen molar-refractivity contribution in [1.82, 2.24) is 4.90 Å². The van der Waals surface area contributed by atoms with Crippen LogP contribution in [0.1, 0.15) is 51.2 Å². The number of rotatable bonds is 8. The molecule has 4 nitrogen and oxygen atoms in total. The summed E-state index contributed by atoms with van der Waals surface area (Å²) in [6, 6.07) is 6.44. The SMILES string of the molecule is CCCCC(C)Oc1ccc2c(c1)C[C@H](C)C(CN1CC(C(=O)O)C1)=C2. The average Bonchev–Trinajstić information content (AvgIpc) is 2.55. The van der Waals surface area contributed by atoms with Crippen molar-refractivity contribution in [2.45, 2.75) is 52.6 Å². The number of likely N-dealkylation sites (tertiary alicyclic amines) is 1. The molecule has 26 heavy (non-hydrogen) atoms. The molecule has 1 saturated heterocycles. The zero-order chi connectivity index (χ0) is 18.7. The van der Waals surface area contributed by atoms with Gasteiger partial charge in [-0.3, -0.25) is 9.69 Å². The lowest BCUT2D eigenvalue weighted by Crippen LogP contribution is -2.51. The topological polar surface area (TPSA) is 49.8 Å². The van der Waals surface area contributed by atoms with Crippen LogP contribution in [0.3, 0.4) is 0 Å². The third-order valence-corrected chi connectivity index (χ3v) is 5.63. The van der Waals surface area contributed by atoms with Gasteiger partial charge in [-0.1, -0.05) is 44.4 Å². The number of unbranched alkanes of at least 4 members (excludes halogenated alkanes) is 1. The summed E-state index contributed by atoms with van der Waals surface area (Å²) in [7, 11) is 0. The maximum absolute atomic E-state index is 11.0. The summed E-state index contributed by atoms with van der Waals surface area (Å²) in [6.45, 7) is 8.85. The van der Waals surface area contributed by atoms with Gasteiger partial charge in [-0.15, -0.1) is 0 Å². The van der Waals surface area contributed by atoms with Crippen LogP contribution in [0.15, 0.2) is 23.8 Å². The largest absolute Gasteiger partial charge is 0.491 e. The Kier molecular flexibility index (Phi) is 6.02. The molecule has 0 saturated carbocycles. The summed E-state index contributed by atoms with van der Waals surface area (Å²) in [5.41, 5.74) is 4.04. The first kappa shape index (κ1) is 19.0. The van der Waals surface area contributed by atoms with E-state index in [0.717, 1.165) is 25.1 Å². The standard InChI is InChI=1S/C22H31NO3/c1-4-5-6-16(3)26-21-8-7-17-10-19(15(2)9-18(17)11-21)12-23-13-20(14-23)22(24)25/h7-8,10-11,15-16,20H,4-6,9,12-14H2,1-3H3,(H,24,25)/t15-,16?/m0/s1. The molecule has 0 aromatic heterocycles. The van der Waals surface area contributed by atoms with Gasteiger partial charge in [0.25, 0.3) is 0 Å². The molecule has 1 aromatic carbocycles. The summed E-state index contributed by atoms with van der Waals surface area (Å²) < 4.78 is 6.09. The molecule has 1 aliphatic carbocycles. The summed E-state index contributed by atoms with van der Waals surface area (Å²) in [5, 5.41) is 9.02. The van der Waals surface area contributed by atoms with E-state index in [1.54, 1.807) is 0 Å². The van der Waals surface area contributed by atoms with E-state index in [0.29, 0.717) is 19.0 Å². The summed E-state index contributed by atoms with van der Waals surface area (Å²) in [5.74, 6) is 0.608. The first-order chi connectivity index (χ1) is 12.5. The highest BCUT2D eigenvalue weighted by Gasteiger charge is 2.33. The molecule has 1 fully saturated rings. The van der Waals surface area contributed by atoms with Crippen molar-refractivity contribution in [3.05, 3.63) is 34.9 Å². The number of carbonyl (C=O) groups is 1. The number of carboxylic acids is 1. The van der Waals surface area contributed by atoms with Crippen molar-refractivity contribution in [2.24, 2.45) is 11.8 Å². The minimum absolute atomic E-state index is 0.184. The minimum atomic E-state index is -0.669. The summed E-state index contributed by atoms with van der Waals surface area (Å²) >= 11 is 0. The molecule has 0 amide bonds. The number of carboxylic acid groups (broad SMARTS) is 1. The smallest absolute Gasteiger partial charge is 0.309 e. The molecule has 4 heteroatoms. The van der Waals surface area contributed by atoms with Crippen LogP contribution in [-0.2, 0) is 11.2 Å². The molecule has 3 rings (SSSR count). The van der Waals surface area contributed by atoms with Gasteiger partial charge < -0.3 is 9.84 Å². The molecule has 1 N–H and O–H groups in total. The maximum atomic E-state index is 11.0. The van der Waals surface area contributed by atoms with Gasteiger partial charge in [-0.05, 0) is 48.9 Å². The minimum Gasteiger partial charge on any atom is -0.491 e. The molecule has 142 valence electrons. The fraction of sp³-hybridized carbons (Fsp3) is 0.591. The van der Waals surface area contributed by atoms with Crippen molar-refractivity contribution in [3.63, 3.8) is 0 Å². The Balaban J connectivity index is 1.62. The predicted molar refractivity (Wildman–Crippen MR) is 104 cm³/mol. The van der Waals surface area contributed by atoms with E-state index < -0.39 is 5.97 Å². The molecular weight excluding hydrogens is 326 g/mol. The van der Waals surface area contributed by atoms with Gasteiger partial charge in [0, 0.05) is 19.6 Å². The number of fused-ring (bicyclic) bond motifs is 1. The van der Waals surface area contributed by atoms with E-state index in [-0.39, 0.29) is 12.0 Å². The zero-order valence-electron chi connectivity index (χ0n) is 16.2. The van der Waals surface area contributed by atoms with Crippen LogP contribution in [-0.4, -0.2) is 41.7 Å². The van der Waals surface area contributed by atoms with Crippen LogP contribution < -0.4 is 4.74 Å². The Morgan fingerprint density at radius 1 is 1.38 bits per heavy atom. The lowest BCUT2D eigenvalue weighted by Gasteiger charge is -2.38. The lowest BCUT2D eigenvalue weighted by molar-refractivity contribution is -0.147. The van der Waals surface area contributed by atoms with Crippen molar-refractivity contribution in [2.75, 3.05) is 19.6 Å². The molecule has 1 heterocycles. The second-order valence-corrected chi connectivity index (χ2v) is 7.98. The third-order valence-electron chi connectivity index (χ3n) is 5.63. The van der Waals surface area contributed by atoms with Gasteiger partial charge in [-0.2, -0.15) is 0 Å². The fourth-order valence-electron chi connectivity index (χ4n) is 3.87. The van der Waals surface area contributed by atoms with Gasteiger partial charge in [0.05, 0.1) is 12.0 Å². The summed E-state index contributed by atoms with van der Waals surface area (Å²) in [6.07, 6.45) is 7.08. The predicted octanol–water partition coefficient (Wildman–Crippen LogP) is 4.24. The van der Waals surface area contributed by atoms with E-state index >= 15 is 0 Å². The van der Waals surface area contributed by atoms with Crippen molar-refractivity contribution >= 4 is 12.0 Å². The van der Waals surface area contributed by atoms with E-state index in [1.165, 1.54) is 29.5 Å². The Bertz CT molecular complexity index is 676. The second kappa shape index (κ2) is 8.26. The van der Waals surface area contributed by atoms with Crippen molar-refractivity contribution < 1.29 is 14.6 Å². The third kappa shape index (κ3) is 4.47. The van der Waals surface area contributed by atoms with Crippen LogP contribution in [0.25, 0.3) is 6.08 Å². The Morgan fingerprint density at radius 3 is 2.85 bits per heavy atom. The normalized spacial score (nSPS) is 21.5. The van der Waals surface area contributed by atoms with Gasteiger partial charge in [0.2, 0.25) is 0 Å². The number of nitrogens with zero attached hydrogens (tertiary/aromatic N) is 1.